The molecule has 1 unspecified atom stereocenters. The first-order chi connectivity index (χ1) is 27.8. The highest BCUT2D eigenvalue weighted by molar-refractivity contribution is 6.94. The highest BCUT2D eigenvalue weighted by atomic mass is 15.2. The van der Waals surface area contributed by atoms with Crippen molar-refractivity contribution in [3.63, 3.8) is 0 Å². The second-order valence-electron chi connectivity index (χ2n) is 18.3. The predicted molar refractivity (Wildman–Crippen MR) is 242 cm³/mol. The lowest BCUT2D eigenvalue weighted by Crippen LogP contribution is -2.58. The fourth-order valence-electron chi connectivity index (χ4n) is 11.1. The van der Waals surface area contributed by atoms with E-state index < -0.39 is 0 Å². The third kappa shape index (κ3) is 6.08. The molecular weight excluding hydrogens is 687 g/mol. The topological polar surface area (TPSA) is 6.48 Å². The monoisotopic (exact) mass is 742 g/mol. The van der Waals surface area contributed by atoms with E-state index in [0.717, 1.165) is 19.3 Å². The van der Waals surface area contributed by atoms with Gasteiger partial charge in [0, 0.05) is 45.0 Å². The smallest absolute Gasteiger partial charge is 0.251 e. The number of allylic oxidation sites excluding steroid dienone is 7. The molecule has 5 aromatic carbocycles. The van der Waals surface area contributed by atoms with E-state index in [1.165, 1.54) is 105 Å². The van der Waals surface area contributed by atoms with Crippen LogP contribution >= 0.6 is 0 Å². The molecule has 284 valence electrons. The maximum absolute atomic E-state index is 2.76. The van der Waals surface area contributed by atoms with E-state index in [9.17, 15) is 0 Å². The molecule has 0 bridgehead atoms. The Kier molecular flexibility index (Phi) is 9.04. The minimum Gasteiger partial charge on any atom is -0.315 e. The fraction of sp³-hybridized carbons (Fsp3) is 0.296. The fourth-order valence-corrected chi connectivity index (χ4v) is 11.1. The minimum absolute atomic E-state index is 0.0265. The standard InChI is InChI=1S/C54H55BN2/c1-53(2,40-21-11-6-12-22-40)42-29-32-45(33-30-42)57-49-34-31-43(54(3,4)41-23-13-7-14-24-41)37-47(49)55-46-27-17-18-28-48(46)56(44-25-15-8-16-26-44)50-35-39(36-51(57)52(50)55)38-19-9-5-10-20-38/h6-8,11-18,21-29,31-32,34,36-39H,5,9-10,19-20,30,33,35H2,1-4H3. The number of rotatable bonds is 7. The summed E-state index contributed by atoms with van der Waals surface area (Å²) >= 11 is 0. The van der Waals surface area contributed by atoms with Gasteiger partial charge in [-0.15, -0.1) is 0 Å². The molecule has 0 N–H and O–H groups in total. The number of benzene rings is 5. The third-order valence-corrected chi connectivity index (χ3v) is 14.5. The molecule has 57 heavy (non-hydrogen) atoms. The number of para-hydroxylation sites is 2. The van der Waals surface area contributed by atoms with E-state index in [1.807, 2.05) is 0 Å². The van der Waals surface area contributed by atoms with E-state index in [-0.39, 0.29) is 17.5 Å². The van der Waals surface area contributed by atoms with E-state index in [1.54, 1.807) is 0 Å². The Bertz CT molecular complexity index is 2430. The van der Waals surface area contributed by atoms with Gasteiger partial charge in [-0.3, -0.25) is 0 Å². The Balaban J connectivity index is 1.21. The number of hydrogen-bond acceptors (Lipinski definition) is 2. The van der Waals surface area contributed by atoms with Crippen LogP contribution in [-0.4, -0.2) is 6.71 Å². The molecule has 2 heterocycles. The molecule has 1 saturated carbocycles. The highest BCUT2D eigenvalue weighted by Gasteiger charge is 2.48. The molecule has 3 aliphatic carbocycles. The van der Waals surface area contributed by atoms with Crippen LogP contribution in [0.15, 0.2) is 180 Å². The number of anilines is 3. The first-order valence-corrected chi connectivity index (χ1v) is 21.7. The summed E-state index contributed by atoms with van der Waals surface area (Å²) in [7, 11) is 0. The molecule has 0 spiro atoms. The van der Waals surface area contributed by atoms with Crippen molar-refractivity contribution < 1.29 is 0 Å². The lowest BCUT2D eigenvalue weighted by atomic mass is 9.31. The Labute approximate surface area is 341 Å². The van der Waals surface area contributed by atoms with Gasteiger partial charge < -0.3 is 9.80 Å². The predicted octanol–water partition coefficient (Wildman–Crippen LogP) is 12.5. The minimum atomic E-state index is -0.151. The molecule has 2 nitrogen and oxygen atoms in total. The van der Waals surface area contributed by atoms with Gasteiger partial charge in [0.1, 0.15) is 0 Å². The van der Waals surface area contributed by atoms with E-state index in [4.69, 9.17) is 0 Å². The first-order valence-electron chi connectivity index (χ1n) is 21.7. The van der Waals surface area contributed by atoms with Crippen LogP contribution in [0.2, 0.25) is 0 Å². The van der Waals surface area contributed by atoms with Crippen molar-refractivity contribution in [1.29, 1.82) is 0 Å². The van der Waals surface area contributed by atoms with Crippen molar-refractivity contribution in [2.75, 3.05) is 9.80 Å². The number of fused-ring (bicyclic) bond motifs is 4. The summed E-state index contributed by atoms with van der Waals surface area (Å²) in [4.78, 5) is 5.38. The summed E-state index contributed by atoms with van der Waals surface area (Å²) in [5.74, 6) is 1.22. The molecule has 1 atom stereocenters. The van der Waals surface area contributed by atoms with Gasteiger partial charge in [0.25, 0.3) is 6.71 Å². The van der Waals surface area contributed by atoms with Crippen LogP contribution in [0.5, 0.6) is 0 Å². The van der Waals surface area contributed by atoms with Crippen LogP contribution in [0.25, 0.3) is 0 Å². The molecule has 3 heteroatoms. The summed E-state index contributed by atoms with van der Waals surface area (Å²) in [5, 5.41) is 0. The molecule has 2 aliphatic heterocycles. The molecule has 5 aliphatic rings. The van der Waals surface area contributed by atoms with Crippen molar-refractivity contribution in [2.45, 2.75) is 89.9 Å². The van der Waals surface area contributed by atoms with Crippen LogP contribution in [0, 0.1) is 11.8 Å². The van der Waals surface area contributed by atoms with Crippen molar-refractivity contribution in [3.05, 3.63) is 197 Å². The van der Waals surface area contributed by atoms with Gasteiger partial charge >= 0.3 is 0 Å². The normalized spacial score (nSPS) is 19.6. The summed E-state index contributed by atoms with van der Waals surface area (Å²) in [6.07, 6.45) is 17.6. The zero-order valence-corrected chi connectivity index (χ0v) is 34.2. The summed E-state index contributed by atoms with van der Waals surface area (Å²) in [5.41, 5.74) is 18.0. The van der Waals surface area contributed by atoms with Crippen LogP contribution < -0.4 is 20.7 Å². The summed E-state index contributed by atoms with van der Waals surface area (Å²) < 4.78 is 0. The Morgan fingerprint density at radius 2 is 1.19 bits per heavy atom. The van der Waals surface area contributed by atoms with Crippen LogP contribution in [-0.2, 0) is 10.8 Å². The molecule has 0 radical (unpaired) electrons. The van der Waals surface area contributed by atoms with Crippen molar-refractivity contribution in [2.24, 2.45) is 11.8 Å². The molecule has 5 aromatic rings. The van der Waals surface area contributed by atoms with Gasteiger partial charge in [-0.1, -0.05) is 174 Å². The van der Waals surface area contributed by atoms with E-state index >= 15 is 0 Å². The summed E-state index contributed by atoms with van der Waals surface area (Å²) in [6, 6.07) is 50.2. The van der Waals surface area contributed by atoms with Gasteiger partial charge in [0.05, 0.1) is 0 Å². The lowest BCUT2D eigenvalue weighted by Gasteiger charge is -2.50. The largest absolute Gasteiger partial charge is 0.315 e. The van der Waals surface area contributed by atoms with Crippen molar-refractivity contribution >= 4 is 34.7 Å². The molecule has 10 rings (SSSR count). The zero-order valence-electron chi connectivity index (χ0n) is 34.2. The molecule has 0 aromatic heterocycles. The summed E-state index contributed by atoms with van der Waals surface area (Å²) in [6.45, 7) is 9.74. The van der Waals surface area contributed by atoms with Gasteiger partial charge in [-0.05, 0) is 107 Å². The average molecular weight is 743 g/mol. The second-order valence-corrected chi connectivity index (χ2v) is 18.3. The molecular formula is C54H55BN2. The van der Waals surface area contributed by atoms with E-state index in [2.05, 4.69) is 189 Å². The van der Waals surface area contributed by atoms with Gasteiger partial charge in [0.2, 0.25) is 0 Å². The third-order valence-electron chi connectivity index (χ3n) is 14.5. The Morgan fingerprint density at radius 3 is 1.88 bits per heavy atom. The van der Waals surface area contributed by atoms with Gasteiger partial charge in [-0.25, -0.2) is 0 Å². The lowest BCUT2D eigenvalue weighted by molar-refractivity contribution is 0.281. The molecule has 1 fully saturated rings. The maximum atomic E-state index is 2.76. The molecule has 0 amide bonds. The second kappa shape index (κ2) is 14.3. The zero-order chi connectivity index (χ0) is 38.7. The Hall–Kier alpha value is -5.28. The van der Waals surface area contributed by atoms with Crippen molar-refractivity contribution in [1.82, 2.24) is 0 Å². The van der Waals surface area contributed by atoms with Crippen LogP contribution in [0.1, 0.15) is 95.8 Å². The number of nitrogens with zero attached hydrogens (tertiary/aromatic N) is 2. The maximum Gasteiger partial charge on any atom is 0.251 e. The Morgan fingerprint density at radius 1 is 0.561 bits per heavy atom. The van der Waals surface area contributed by atoms with Crippen LogP contribution in [0.3, 0.4) is 0 Å². The van der Waals surface area contributed by atoms with E-state index in [0.29, 0.717) is 11.8 Å². The highest BCUT2D eigenvalue weighted by Crippen LogP contribution is 2.51. The van der Waals surface area contributed by atoms with Crippen molar-refractivity contribution in [3.8, 4) is 0 Å². The quantitative estimate of drug-likeness (QED) is 0.153. The SMILES string of the molecule is CC(C)(C1=CC=C(N2C3=CC(C4CCCCC4)CC4=C3B(c3cc(C(C)(C)c5ccccc5)ccc32)c2ccccc2N4c2ccccc2)CC1)c1ccccc1. The average Bonchev–Trinajstić information content (AvgIpc) is 3.27. The number of hydrogen-bond donors (Lipinski definition) is 0. The van der Waals surface area contributed by atoms with Gasteiger partial charge in [-0.2, -0.15) is 0 Å². The van der Waals surface area contributed by atoms with Crippen LogP contribution in [0.4, 0.5) is 17.1 Å². The molecule has 0 saturated heterocycles. The first kappa shape index (κ1) is 36.1. The van der Waals surface area contributed by atoms with Gasteiger partial charge in [0.15, 0.2) is 0 Å².